The van der Waals surface area contributed by atoms with E-state index in [1.165, 1.54) is 0 Å². The molecule has 0 amide bonds. The Hall–Kier alpha value is -1.62. The van der Waals surface area contributed by atoms with Crippen LogP contribution in [-0.2, 0) is 0 Å². The third-order valence-corrected chi connectivity index (χ3v) is 2.83. The maximum Gasteiger partial charge on any atom is 0.183 e. The molecule has 0 saturated heterocycles. The molecule has 74 valence electrons. The predicted molar refractivity (Wildman–Crippen MR) is 63.5 cm³/mol. The summed E-state index contributed by atoms with van der Waals surface area (Å²) in [7, 11) is 0. The minimum atomic E-state index is 0.558. The third kappa shape index (κ3) is 1.27. The molecule has 3 N–H and O–H groups in total. The lowest BCUT2D eigenvalue weighted by molar-refractivity contribution is 1.11. The average Bonchev–Trinajstić information content (AvgIpc) is 2.57. The molecule has 0 bridgehead atoms. The van der Waals surface area contributed by atoms with Gasteiger partial charge in [-0.25, -0.2) is 4.98 Å². The molecule has 2 aromatic heterocycles. The number of nitrogens with one attached hydrogen (secondary N) is 1. The predicted octanol–water partition coefficient (Wildman–Crippen LogP) is 2.46. The van der Waals surface area contributed by atoms with Gasteiger partial charge in [0.25, 0.3) is 0 Å². The number of nitrogens with zero attached hydrogens (tertiary/aromatic N) is 2. The first-order valence-corrected chi connectivity index (χ1v) is 5.23. The zero-order valence-corrected chi connectivity index (χ0v) is 9.25. The van der Waals surface area contributed by atoms with Crippen LogP contribution in [0.5, 0.6) is 0 Å². The number of anilines is 1. The van der Waals surface area contributed by atoms with Crippen molar-refractivity contribution in [3.63, 3.8) is 0 Å². The van der Waals surface area contributed by atoms with Crippen molar-refractivity contribution >= 4 is 43.7 Å². The molecule has 0 saturated carbocycles. The van der Waals surface area contributed by atoms with Gasteiger partial charge in [-0.3, -0.25) is 5.10 Å². The Kier molecular flexibility index (Phi) is 1.70. The second-order valence-corrected chi connectivity index (χ2v) is 4.25. The lowest BCUT2D eigenvalue weighted by Gasteiger charge is -1.97. The summed E-state index contributed by atoms with van der Waals surface area (Å²) in [5, 5.41) is 8.66. The van der Waals surface area contributed by atoms with Gasteiger partial charge < -0.3 is 5.73 Å². The number of aromatic nitrogens is 3. The largest absolute Gasteiger partial charge is 0.384 e. The van der Waals surface area contributed by atoms with Gasteiger partial charge in [0.15, 0.2) is 5.65 Å². The molecule has 5 heteroatoms. The van der Waals surface area contributed by atoms with Crippen LogP contribution in [0.15, 0.2) is 28.7 Å². The lowest BCUT2D eigenvalue weighted by Crippen LogP contribution is -1.84. The van der Waals surface area contributed by atoms with Gasteiger partial charge in [0, 0.05) is 9.86 Å². The van der Waals surface area contributed by atoms with Crippen LogP contribution in [0.3, 0.4) is 0 Å². The Morgan fingerprint density at radius 1 is 1.27 bits per heavy atom. The van der Waals surface area contributed by atoms with E-state index in [0.717, 1.165) is 20.8 Å². The Balaban J connectivity index is 2.49. The molecule has 3 rings (SSSR count). The average molecular weight is 263 g/mol. The maximum atomic E-state index is 5.73. The van der Waals surface area contributed by atoms with Crippen LogP contribution in [-0.4, -0.2) is 15.2 Å². The number of pyridine rings is 1. The highest BCUT2D eigenvalue weighted by Crippen LogP contribution is 2.24. The second-order valence-electron chi connectivity index (χ2n) is 3.33. The maximum absolute atomic E-state index is 5.73. The number of fused-ring (bicyclic) bond motifs is 2. The zero-order chi connectivity index (χ0) is 10.4. The summed E-state index contributed by atoms with van der Waals surface area (Å²) in [6.45, 7) is 0. The van der Waals surface area contributed by atoms with Crippen molar-refractivity contribution in [3.8, 4) is 0 Å². The monoisotopic (exact) mass is 262 g/mol. The molecule has 0 aliphatic rings. The highest BCUT2D eigenvalue weighted by Gasteiger charge is 2.05. The van der Waals surface area contributed by atoms with Crippen molar-refractivity contribution in [2.24, 2.45) is 0 Å². The zero-order valence-electron chi connectivity index (χ0n) is 7.66. The summed E-state index contributed by atoms with van der Waals surface area (Å²) in [6, 6.07) is 7.92. The quantitative estimate of drug-likeness (QED) is 0.654. The summed E-state index contributed by atoms with van der Waals surface area (Å²) >= 11 is 3.41. The normalized spacial score (nSPS) is 11.3. The second kappa shape index (κ2) is 2.93. The number of rotatable bonds is 0. The van der Waals surface area contributed by atoms with E-state index in [2.05, 4.69) is 31.1 Å². The van der Waals surface area contributed by atoms with Gasteiger partial charge >= 0.3 is 0 Å². The molecular weight excluding hydrogens is 256 g/mol. The van der Waals surface area contributed by atoms with Gasteiger partial charge in [0.05, 0.1) is 10.9 Å². The van der Waals surface area contributed by atoms with Gasteiger partial charge in [0.2, 0.25) is 0 Å². The number of hydrogen-bond donors (Lipinski definition) is 2. The molecule has 15 heavy (non-hydrogen) atoms. The highest BCUT2D eigenvalue weighted by atomic mass is 79.9. The van der Waals surface area contributed by atoms with Crippen LogP contribution in [0.1, 0.15) is 0 Å². The van der Waals surface area contributed by atoms with Gasteiger partial charge in [-0.2, -0.15) is 5.10 Å². The van der Waals surface area contributed by atoms with Gasteiger partial charge in [-0.05, 0) is 18.2 Å². The molecule has 3 aromatic rings. The van der Waals surface area contributed by atoms with Crippen molar-refractivity contribution < 1.29 is 0 Å². The number of H-pyrrole nitrogens is 1. The van der Waals surface area contributed by atoms with Crippen molar-refractivity contribution in [2.75, 3.05) is 5.73 Å². The van der Waals surface area contributed by atoms with Crippen molar-refractivity contribution in [2.45, 2.75) is 0 Å². The topological polar surface area (TPSA) is 67.6 Å². The van der Waals surface area contributed by atoms with E-state index in [1.54, 1.807) is 0 Å². The molecular formula is C10H7BrN4. The molecule has 4 nitrogen and oxygen atoms in total. The highest BCUT2D eigenvalue weighted by molar-refractivity contribution is 9.10. The van der Waals surface area contributed by atoms with E-state index in [9.17, 15) is 0 Å². The summed E-state index contributed by atoms with van der Waals surface area (Å²) in [6.07, 6.45) is 0. The minimum absolute atomic E-state index is 0.558. The molecule has 0 aliphatic carbocycles. The van der Waals surface area contributed by atoms with Crippen LogP contribution >= 0.6 is 15.9 Å². The minimum Gasteiger partial charge on any atom is -0.384 e. The first-order chi connectivity index (χ1) is 7.24. The smallest absolute Gasteiger partial charge is 0.183 e. The van der Waals surface area contributed by atoms with Gasteiger partial charge in [-0.1, -0.05) is 22.0 Å². The molecule has 2 heterocycles. The fourth-order valence-electron chi connectivity index (χ4n) is 1.59. The number of benzene rings is 1. The number of halogens is 1. The van der Waals surface area contributed by atoms with Crippen molar-refractivity contribution in [1.29, 1.82) is 0 Å². The summed E-state index contributed by atoms with van der Waals surface area (Å²) in [4.78, 5) is 4.41. The molecule has 0 unspecified atom stereocenters. The van der Waals surface area contributed by atoms with E-state index < -0.39 is 0 Å². The first-order valence-electron chi connectivity index (χ1n) is 4.44. The standard InChI is InChI=1S/C10H7BrN4/c11-6-2-1-5-3-7-9(12)14-15-10(7)13-8(5)4-6/h1-4H,(H3,12,13,14,15). The SMILES string of the molecule is Nc1[nH]nc2nc3cc(Br)ccc3cc12. The first kappa shape index (κ1) is 8.67. The Morgan fingerprint density at radius 3 is 3.00 bits per heavy atom. The molecule has 0 spiro atoms. The van der Waals surface area contributed by atoms with Crippen molar-refractivity contribution in [1.82, 2.24) is 15.2 Å². The van der Waals surface area contributed by atoms with E-state index in [0.29, 0.717) is 11.5 Å². The third-order valence-electron chi connectivity index (χ3n) is 2.33. The Bertz CT molecular complexity index is 659. The van der Waals surface area contributed by atoms with E-state index in [1.807, 2.05) is 24.3 Å². The fourth-order valence-corrected chi connectivity index (χ4v) is 1.94. The van der Waals surface area contributed by atoms with Crippen molar-refractivity contribution in [3.05, 3.63) is 28.7 Å². The molecule has 0 atom stereocenters. The molecule has 0 radical (unpaired) electrons. The molecule has 1 aromatic carbocycles. The fraction of sp³-hybridized carbons (Fsp3) is 0. The van der Waals surface area contributed by atoms with Crippen LogP contribution in [0.2, 0.25) is 0 Å². The Morgan fingerprint density at radius 2 is 2.13 bits per heavy atom. The summed E-state index contributed by atoms with van der Waals surface area (Å²) < 4.78 is 1.00. The molecule has 0 aliphatic heterocycles. The van der Waals surface area contributed by atoms with E-state index in [-0.39, 0.29) is 0 Å². The summed E-state index contributed by atoms with van der Waals surface area (Å²) in [5.74, 6) is 0.558. The number of nitrogen functional groups attached to an aromatic ring is 1. The van der Waals surface area contributed by atoms with E-state index >= 15 is 0 Å². The van der Waals surface area contributed by atoms with E-state index in [4.69, 9.17) is 5.73 Å². The lowest BCUT2D eigenvalue weighted by atomic mass is 10.2. The van der Waals surface area contributed by atoms with Crippen LogP contribution in [0.25, 0.3) is 21.9 Å². The van der Waals surface area contributed by atoms with Crippen LogP contribution in [0.4, 0.5) is 5.82 Å². The number of aromatic amines is 1. The molecule has 0 fully saturated rings. The Labute approximate surface area is 93.6 Å². The van der Waals surface area contributed by atoms with Crippen LogP contribution in [0, 0.1) is 0 Å². The van der Waals surface area contributed by atoms with Gasteiger partial charge in [0.1, 0.15) is 5.82 Å². The van der Waals surface area contributed by atoms with Crippen LogP contribution < -0.4 is 5.73 Å². The van der Waals surface area contributed by atoms with Gasteiger partial charge in [-0.15, -0.1) is 0 Å². The summed E-state index contributed by atoms with van der Waals surface area (Å²) in [5.41, 5.74) is 7.29. The number of nitrogens with two attached hydrogens (primary N) is 1. The number of hydrogen-bond acceptors (Lipinski definition) is 3.